The molecular weight excluding hydrogens is 196 g/mol. The Morgan fingerprint density at radius 1 is 1.53 bits per heavy atom. The highest BCUT2D eigenvalue weighted by atomic mass is 16.5. The molecule has 4 nitrogen and oxygen atoms in total. The fourth-order valence-electron chi connectivity index (χ4n) is 2.96. The molecular formula is C11H18O4. The van der Waals surface area contributed by atoms with Crippen LogP contribution in [0.15, 0.2) is 0 Å². The average molecular weight is 214 g/mol. The third-order valence-corrected chi connectivity index (χ3v) is 4.24. The zero-order valence-corrected chi connectivity index (χ0v) is 9.28. The number of ether oxygens (including phenoxy) is 2. The molecule has 2 aliphatic rings. The number of rotatable bonds is 5. The van der Waals surface area contributed by atoms with Crippen molar-refractivity contribution in [1.29, 1.82) is 0 Å². The molecule has 86 valence electrons. The Labute approximate surface area is 89.6 Å². The third-order valence-electron chi connectivity index (χ3n) is 4.24. The van der Waals surface area contributed by atoms with Gasteiger partial charge in [0.25, 0.3) is 0 Å². The van der Waals surface area contributed by atoms with E-state index in [-0.39, 0.29) is 10.8 Å². The van der Waals surface area contributed by atoms with Crippen LogP contribution in [-0.4, -0.2) is 37.5 Å². The van der Waals surface area contributed by atoms with Crippen LogP contribution < -0.4 is 0 Å². The van der Waals surface area contributed by atoms with Crippen LogP contribution in [0.25, 0.3) is 0 Å². The number of hydrogen-bond acceptors (Lipinski definition) is 3. The highest BCUT2D eigenvalue weighted by Crippen LogP contribution is 2.65. The van der Waals surface area contributed by atoms with E-state index in [2.05, 4.69) is 6.92 Å². The summed E-state index contributed by atoms with van der Waals surface area (Å²) in [5.41, 5.74) is -0.118. The SMILES string of the molecule is CCC1(C2(C(OC)C(=O)O)CC2)COC1. The molecule has 1 atom stereocenters. The zero-order chi connectivity index (χ0) is 11.1. The number of carboxylic acid groups (broad SMARTS) is 1. The van der Waals surface area contributed by atoms with E-state index in [9.17, 15) is 4.79 Å². The van der Waals surface area contributed by atoms with Crippen LogP contribution in [0.5, 0.6) is 0 Å². The molecule has 0 bridgehead atoms. The second-order valence-electron chi connectivity index (χ2n) is 4.74. The molecule has 1 aliphatic carbocycles. The van der Waals surface area contributed by atoms with Crippen molar-refractivity contribution >= 4 is 5.97 Å². The Morgan fingerprint density at radius 2 is 2.13 bits per heavy atom. The molecule has 0 aromatic carbocycles. The maximum absolute atomic E-state index is 11.2. The molecule has 1 aliphatic heterocycles. The molecule has 2 fully saturated rings. The summed E-state index contributed by atoms with van der Waals surface area (Å²) in [6.07, 6.45) is 2.21. The minimum absolute atomic E-state index is 0.0477. The van der Waals surface area contributed by atoms with Gasteiger partial charge in [-0.05, 0) is 19.3 Å². The Balaban J connectivity index is 2.21. The number of aliphatic carboxylic acids is 1. The monoisotopic (exact) mass is 214 g/mol. The molecule has 1 heterocycles. The Morgan fingerprint density at radius 3 is 2.33 bits per heavy atom. The van der Waals surface area contributed by atoms with Crippen LogP contribution in [0.2, 0.25) is 0 Å². The van der Waals surface area contributed by atoms with Crippen molar-refractivity contribution in [2.45, 2.75) is 32.3 Å². The molecule has 0 spiro atoms. The lowest BCUT2D eigenvalue weighted by Gasteiger charge is -2.49. The molecule has 2 rings (SSSR count). The van der Waals surface area contributed by atoms with Gasteiger partial charge >= 0.3 is 5.97 Å². The van der Waals surface area contributed by atoms with Gasteiger partial charge in [-0.1, -0.05) is 6.92 Å². The topological polar surface area (TPSA) is 55.8 Å². The molecule has 4 heteroatoms. The summed E-state index contributed by atoms with van der Waals surface area (Å²) in [6.45, 7) is 3.49. The van der Waals surface area contributed by atoms with Gasteiger partial charge in [-0.3, -0.25) is 0 Å². The Kier molecular flexibility index (Phi) is 2.51. The van der Waals surface area contributed by atoms with Gasteiger partial charge in [-0.25, -0.2) is 4.79 Å². The molecule has 1 saturated heterocycles. The van der Waals surface area contributed by atoms with E-state index < -0.39 is 12.1 Å². The summed E-state index contributed by atoms with van der Waals surface area (Å²) in [5.74, 6) is -0.838. The van der Waals surface area contributed by atoms with Crippen molar-refractivity contribution in [1.82, 2.24) is 0 Å². The van der Waals surface area contributed by atoms with Crippen LogP contribution in [0.4, 0.5) is 0 Å². The van der Waals surface area contributed by atoms with Crippen LogP contribution in [0.3, 0.4) is 0 Å². The van der Waals surface area contributed by atoms with E-state index in [1.807, 2.05) is 0 Å². The van der Waals surface area contributed by atoms with Crippen LogP contribution in [0.1, 0.15) is 26.2 Å². The van der Waals surface area contributed by atoms with Crippen molar-refractivity contribution < 1.29 is 19.4 Å². The fraction of sp³-hybridized carbons (Fsp3) is 0.909. The summed E-state index contributed by atoms with van der Waals surface area (Å²) in [4.78, 5) is 11.2. The normalized spacial score (nSPS) is 27.9. The maximum atomic E-state index is 11.2. The van der Waals surface area contributed by atoms with Gasteiger partial charge in [0, 0.05) is 17.9 Å². The first-order chi connectivity index (χ1) is 7.12. The van der Waals surface area contributed by atoms with Gasteiger partial charge in [0.2, 0.25) is 0 Å². The first-order valence-corrected chi connectivity index (χ1v) is 5.45. The van der Waals surface area contributed by atoms with E-state index >= 15 is 0 Å². The summed E-state index contributed by atoms with van der Waals surface area (Å²) < 4.78 is 10.4. The van der Waals surface area contributed by atoms with E-state index in [1.165, 1.54) is 7.11 Å². The largest absolute Gasteiger partial charge is 0.479 e. The Bertz CT molecular complexity index is 260. The van der Waals surface area contributed by atoms with Crippen molar-refractivity contribution in [3.63, 3.8) is 0 Å². The van der Waals surface area contributed by atoms with E-state index in [0.29, 0.717) is 13.2 Å². The van der Waals surface area contributed by atoms with Crippen molar-refractivity contribution in [3.8, 4) is 0 Å². The van der Waals surface area contributed by atoms with Gasteiger partial charge in [0.1, 0.15) is 0 Å². The number of carboxylic acids is 1. The second kappa shape index (κ2) is 3.46. The number of hydrogen-bond donors (Lipinski definition) is 1. The molecule has 1 saturated carbocycles. The number of carbonyl (C=O) groups is 1. The van der Waals surface area contributed by atoms with Gasteiger partial charge in [-0.15, -0.1) is 0 Å². The minimum atomic E-state index is -0.838. The quantitative estimate of drug-likeness (QED) is 0.749. The molecule has 0 amide bonds. The predicted molar refractivity (Wildman–Crippen MR) is 53.6 cm³/mol. The lowest BCUT2D eigenvalue weighted by molar-refractivity contribution is -0.196. The first-order valence-electron chi connectivity index (χ1n) is 5.45. The summed E-state index contributed by atoms with van der Waals surface area (Å²) in [7, 11) is 1.49. The van der Waals surface area contributed by atoms with Crippen LogP contribution in [0, 0.1) is 10.8 Å². The summed E-state index contributed by atoms with van der Waals surface area (Å²) in [6, 6.07) is 0. The standard InChI is InChI=1S/C11H18O4/c1-3-10(6-15-7-10)11(4-5-11)8(14-2)9(12)13/h8H,3-7H2,1-2H3,(H,12,13). The molecule has 1 N–H and O–H groups in total. The summed E-state index contributed by atoms with van der Waals surface area (Å²) in [5, 5.41) is 9.16. The van der Waals surface area contributed by atoms with Gasteiger partial charge < -0.3 is 14.6 Å². The van der Waals surface area contributed by atoms with Gasteiger partial charge in [0.05, 0.1) is 13.2 Å². The molecule has 0 radical (unpaired) electrons. The fourth-order valence-corrected chi connectivity index (χ4v) is 2.96. The first kappa shape index (κ1) is 10.9. The van der Waals surface area contributed by atoms with E-state index in [1.54, 1.807) is 0 Å². The van der Waals surface area contributed by atoms with Crippen LogP contribution in [-0.2, 0) is 14.3 Å². The molecule has 1 unspecified atom stereocenters. The summed E-state index contributed by atoms with van der Waals surface area (Å²) >= 11 is 0. The van der Waals surface area contributed by atoms with Crippen LogP contribution >= 0.6 is 0 Å². The predicted octanol–water partition coefficient (Wildman–Crippen LogP) is 1.29. The minimum Gasteiger partial charge on any atom is -0.479 e. The average Bonchev–Trinajstić information content (AvgIpc) is 2.85. The van der Waals surface area contributed by atoms with Crippen molar-refractivity contribution in [2.24, 2.45) is 10.8 Å². The third kappa shape index (κ3) is 1.31. The van der Waals surface area contributed by atoms with Gasteiger partial charge in [0.15, 0.2) is 6.10 Å². The Hall–Kier alpha value is -0.610. The second-order valence-corrected chi connectivity index (χ2v) is 4.74. The smallest absolute Gasteiger partial charge is 0.333 e. The van der Waals surface area contributed by atoms with Crippen molar-refractivity contribution in [3.05, 3.63) is 0 Å². The molecule has 0 aromatic heterocycles. The zero-order valence-electron chi connectivity index (χ0n) is 9.28. The lowest BCUT2D eigenvalue weighted by atomic mass is 9.66. The maximum Gasteiger partial charge on any atom is 0.333 e. The number of methoxy groups -OCH3 is 1. The lowest BCUT2D eigenvalue weighted by Crippen LogP contribution is -2.55. The van der Waals surface area contributed by atoms with E-state index in [4.69, 9.17) is 14.6 Å². The van der Waals surface area contributed by atoms with E-state index in [0.717, 1.165) is 19.3 Å². The van der Waals surface area contributed by atoms with Crippen molar-refractivity contribution in [2.75, 3.05) is 20.3 Å². The van der Waals surface area contributed by atoms with Gasteiger partial charge in [-0.2, -0.15) is 0 Å². The molecule has 0 aromatic rings. The highest BCUT2D eigenvalue weighted by Gasteiger charge is 2.67. The highest BCUT2D eigenvalue weighted by molar-refractivity contribution is 5.74. The molecule has 15 heavy (non-hydrogen) atoms.